The summed E-state index contributed by atoms with van der Waals surface area (Å²) in [6, 6.07) is 1.39. The number of likely N-dealkylation sites (tertiary alicyclic amines) is 1. The molecule has 4 heterocycles. The monoisotopic (exact) mass is 403 g/mol. The molecule has 152 valence electrons. The maximum Gasteiger partial charge on any atom is 0.322 e. The van der Waals surface area contributed by atoms with Gasteiger partial charge in [0.2, 0.25) is 0 Å². The van der Waals surface area contributed by atoms with Crippen molar-refractivity contribution >= 4 is 22.6 Å². The Hall–Kier alpha value is -3.08. The van der Waals surface area contributed by atoms with E-state index in [0.29, 0.717) is 29.9 Å². The number of nitrogens with one attached hydrogen (secondary N) is 3. The van der Waals surface area contributed by atoms with Crippen molar-refractivity contribution in [2.75, 3.05) is 11.9 Å². The van der Waals surface area contributed by atoms with Crippen molar-refractivity contribution in [1.29, 1.82) is 0 Å². The zero-order valence-corrected chi connectivity index (χ0v) is 15.3. The fraction of sp³-hybridized carbons (Fsp3) is 0.444. The Morgan fingerprint density at radius 3 is 2.76 bits per heavy atom. The highest BCUT2D eigenvalue weighted by Gasteiger charge is 2.60. The predicted molar refractivity (Wildman–Crippen MR) is 99.3 cm³/mol. The van der Waals surface area contributed by atoms with Gasteiger partial charge in [0, 0.05) is 30.1 Å². The number of anilines is 1. The second kappa shape index (κ2) is 6.21. The molecule has 2 amide bonds. The zero-order valence-electron chi connectivity index (χ0n) is 15.3. The lowest BCUT2D eigenvalue weighted by Gasteiger charge is -2.44. The molecule has 4 N–H and O–H groups in total. The van der Waals surface area contributed by atoms with Gasteiger partial charge in [-0.25, -0.2) is 13.6 Å². The van der Waals surface area contributed by atoms with Gasteiger partial charge >= 0.3 is 6.03 Å². The van der Waals surface area contributed by atoms with E-state index in [2.05, 4.69) is 30.7 Å². The Labute approximate surface area is 163 Å². The van der Waals surface area contributed by atoms with Crippen LogP contribution < -0.4 is 5.32 Å². The molecule has 1 aliphatic carbocycles. The average molecular weight is 403 g/mol. The lowest BCUT2D eigenvalue weighted by atomic mass is 9.85. The molecule has 1 unspecified atom stereocenters. The second-order valence-corrected chi connectivity index (χ2v) is 7.82. The molecule has 5 rings (SSSR count). The first-order chi connectivity index (χ1) is 13.9. The number of aromatic nitrogens is 5. The summed E-state index contributed by atoms with van der Waals surface area (Å²) in [5, 5.41) is 27.5. The van der Waals surface area contributed by atoms with E-state index in [9.17, 15) is 18.7 Å². The van der Waals surface area contributed by atoms with E-state index in [1.807, 2.05) is 0 Å². The number of fused-ring (bicyclic) bond motifs is 1. The summed E-state index contributed by atoms with van der Waals surface area (Å²) in [5.74, 6) is 0. The molecule has 0 aromatic carbocycles. The van der Waals surface area contributed by atoms with Crippen molar-refractivity contribution in [3.63, 3.8) is 0 Å². The third-order valence-corrected chi connectivity index (χ3v) is 5.92. The number of nitrogens with zero attached hydrogens (tertiary/aromatic N) is 4. The van der Waals surface area contributed by atoms with Crippen LogP contribution in [0.2, 0.25) is 0 Å². The van der Waals surface area contributed by atoms with Crippen LogP contribution in [0.4, 0.5) is 19.3 Å². The number of halogens is 2. The Morgan fingerprint density at radius 1 is 1.21 bits per heavy atom. The lowest BCUT2D eigenvalue weighted by molar-refractivity contribution is -0.137. The molecule has 3 aromatic heterocycles. The maximum absolute atomic E-state index is 13.2. The Morgan fingerprint density at radius 2 is 2.00 bits per heavy atom. The summed E-state index contributed by atoms with van der Waals surface area (Å²) < 4.78 is 26.5. The SMILES string of the molecule is O=C(Nc1cn[nH]c1-c1cc2[nH]ncc2cn1)N1CCC(O)(C(F)F)CC12CC2. The number of alkyl halides is 2. The fourth-order valence-electron chi connectivity index (χ4n) is 4.12. The highest BCUT2D eigenvalue weighted by atomic mass is 19.3. The van der Waals surface area contributed by atoms with E-state index < -0.39 is 23.6 Å². The molecule has 0 bridgehead atoms. The first-order valence-electron chi connectivity index (χ1n) is 9.32. The number of rotatable bonds is 3. The quantitative estimate of drug-likeness (QED) is 0.535. The molecule has 9 nitrogen and oxygen atoms in total. The van der Waals surface area contributed by atoms with Crippen molar-refractivity contribution < 1.29 is 18.7 Å². The molecule has 0 radical (unpaired) electrons. The van der Waals surface area contributed by atoms with Crippen LogP contribution in [0.15, 0.2) is 24.7 Å². The normalized spacial score (nSPS) is 23.1. The van der Waals surface area contributed by atoms with Crippen LogP contribution in [0.1, 0.15) is 25.7 Å². The third kappa shape index (κ3) is 2.92. The van der Waals surface area contributed by atoms with Gasteiger partial charge in [0.1, 0.15) is 11.3 Å². The molecule has 11 heteroatoms. The van der Waals surface area contributed by atoms with Gasteiger partial charge in [-0.1, -0.05) is 0 Å². The first kappa shape index (κ1) is 18.0. The standard InChI is InChI=1S/C18H19F2N7O2/c19-15(20)18(29)3-4-27(17(9-18)1-2-17)16(28)24-13-8-23-26-14(13)12-5-11-10(6-21-12)7-22-25-11/h5-8,15,29H,1-4,9H2,(H,22,25)(H,23,26)(H,24,28). The maximum atomic E-state index is 13.2. The van der Waals surface area contributed by atoms with E-state index in [4.69, 9.17) is 0 Å². The fourth-order valence-corrected chi connectivity index (χ4v) is 4.12. The number of hydrogen-bond acceptors (Lipinski definition) is 5. The molecular formula is C18H19F2N7O2. The van der Waals surface area contributed by atoms with Crippen LogP contribution in [0.25, 0.3) is 22.3 Å². The number of aromatic amines is 2. The van der Waals surface area contributed by atoms with Crippen molar-refractivity contribution in [2.45, 2.75) is 43.2 Å². The summed E-state index contributed by atoms with van der Waals surface area (Å²) in [6.07, 6.45) is 2.91. The smallest absolute Gasteiger partial charge is 0.322 e. The topological polar surface area (TPSA) is 123 Å². The number of pyridine rings is 1. The van der Waals surface area contributed by atoms with Crippen molar-refractivity contribution in [2.24, 2.45) is 0 Å². The third-order valence-electron chi connectivity index (χ3n) is 5.92. The average Bonchev–Trinajstić information content (AvgIpc) is 3.08. The zero-order chi connectivity index (χ0) is 20.2. The summed E-state index contributed by atoms with van der Waals surface area (Å²) in [5.41, 5.74) is -0.405. The summed E-state index contributed by atoms with van der Waals surface area (Å²) in [6.45, 7) is 0.0677. The number of carbonyl (C=O) groups excluding carboxylic acids is 1. The molecule has 2 aliphatic rings. The highest BCUT2D eigenvalue weighted by Crippen LogP contribution is 2.52. The van der Waals surface area contributed by atoms with Crippen molar-refractivity contribution in [3.8, 4) is 11.4 Å². The molecule has 1 aliphatic heterocycles. The van der Waals surface area contributed by atoms with Gasteiger partial charge in [-0.05, 0) is 25.3 Å². The van der Waals surface area contributed by atoms with Gasteiger partial charge in [0.15, 0.2) is 0 Å². The number of hydrogen-bond donors (Lipinski definition) is 4. The number of piperidine rings is 1. The van der Waals surface area contributed by atoms with Gasteiger partial charge in [-0.15, -0.1) is 0 Å². The Bertz CT molecular complexity index is 1080. The van der Waals surface area contributed by atoms with E-state index >= 15 is 0 Å². The van der Waals surface area contributed by atoms with Crippen LogP contribution in [0.3, 0.4) is 0 Å². The molecule has 1 saturated heterocycles. The van der Waals surface area contributed by atoms with Gasteiger partial charge < -0.3 is 15.3 Å². The predicted octanol–water partition coefficient (Wildman–Crippen LogP) is 2.50. The largest absolute Gasteiger partial charge is 0.384 e. The van der Waals surface area contributed by atoms with Crippen LogP contribution in [-0.4, -0.2) is 65.5 Å². The minimum atomic E-state index is -2.82. The summed E-state index contributed by atoms with van der Waals surface area (Å²) in [4.78, 5) is 18.9. The van der Waals surface area contributed by atoms with Crippen LogP contribution in [-0.2, 0) is 0 Å². The van der Waals surface area contributed by atoms with Gasteiger partial charge in [0.25, 0.3) is 6.43 Å². The molecule has 1 saturated carbocycles. The summed E-state index contributed by atoms with van der Waals surface area (Å²) in [7, 11) is 0. The van der Waals surface area contributed by atoms with Crippen LogP contribution in [0.5, 0.6) is 0 Å². The molecule has 2 fully saturated rings. The van der Waals surface area contributed by atoms with E-state index in [1.54, 1.807) is 23.4 Å². The number of H-pyrrole nitrogens is 2. The van der Waals surface area contributed by atoms with Crippen LogP contribution >= 0.6 is 0 Å². The first-order valence-corrected chi connectivity index (χ1v) is 9.32. The minimum absolute atomic E-state index is 0.0677. The molecule has 29 heavy (non-hydrogen) atoms. The molecule has 1 atom stereocenters. The van der Waals surface area contributed by atoms with Crippen molar-refractivity contribution in [1.82, 2.24) is 30.3 Å². The van der Waals surface area contributed by atoms with Gasteiger partial charge in [-0.2, -0.15) is 10.2 Å². The summed E-state index contributed by atoms with van der Waals surface area (Å²) >= 11 is 0. The van der Waals surface area contributed by atoms with E-state index in [-0.39, 0.29) is 19.4 Å². The van der Waals surface area contributed by atoms with Gasteiger partial charge in [0.05, 0.1) is 29.3 Å². The van der Waals surface area contributed by atoms with E-state index in [1.165, 1.54) is 6.20 Å². The minimum Gasteiger partial charge on any atom is -0.384 e. The number of carbonyl (C=O) groups is 1. The number of aliphatic hydroxyl groups is 1. The van der Waals surface area contributed by atoms with E-state index in [0.717, 1.165) is 10.9 Å². The number of amides is 2. The Kier molecular flexibility index (Phi) is 3.85. The lowest BCUT2D eigenvalue weighted by Crippen LogP contribution is -2.57. The molecular weight excluding hydrogens is 384 g/mol. The Balaban J connectivity index is 1.37. The van der Waals surface area contributed by atoms with Crippen molar-refractivity contribution in [3.05, 3.63) is 24.7 Å². The highest BCUT2D eigenvalue weighted by molar-refractivity contribution is 5.94. The number of urea groups is 1. The molecule has 3 aromatic rings. The van der Waals surface area contributed by atoms with Gasteiger partial charge in [-0.3, -0.25) is 15.2 Å². The second-order valence-electron chi connectivity index (χ2n) is 7.82. The molecule has 1 spiro atoms. The van der Waals surface area contributed by atoms with Crippen LogP contribution in [0, 0.1) is 0 Å².